The van der Waals surface area contributed by atoms with Gasteiger partial charge in [0.2, 0.25) is 0 Å². The topological polar surface area (TPSA) is 58.6 Å². The molecule has 0 aliphatic heterocycles. The first kappa shape index (κ1) is 19.3. The van der Waals surface area contributed by atoms with E-state index >= 15 is 0 Å². The molecule has 144 valence electrons. The van der Waals surface area contributed by atoms with Gasteiger partial charge in [-0.25, -0.2) is 4.79 Å². The molecule has 0 spiro atoms. The zero-order chi connectivity index (χ0) is 20.0. The molecule has 2 N–H and O–H groups in total. The second-order valence-corrected chi connectivity index (χ2v) is 9.13. The van der Waals surface area contributed by atoms with Crippen molar-refractivity contribution in [2.45, 2.75) is 52.5 Å². The molecule has 2 aromatic carbocycles. The minimum Gasteiger partial charge on any atom is -0.496 e. The predicted octanol–water partition coefficient (Wildman–Crippen LogP) is 5.55. The molecule has 1 aliphatic rings. The van der Waals surface area contributed by atoms with Gasteiger partial charge in [0.25, 0.3) is 0 Å². The highest BCUT2D eigenvalue weighted by atomic mass is 16.5. The molecular weight excluding hydrogens is 338 g/mol. The largest absolute Gasteiger partial charge is 0.496 e. The van der Waals surface area contributed by atoms with Crippen LogP contribution in [0.4, 0.5) is 4.79 Å². The first-order valence-corrected chi connectivity index (χ1v) is 9.34. The summed E-state index contributed by atoms with van der Waals surface area (Å²) in [5, 5.41) is 11.9. The van der Waals surface area contributed by atoms with Crippen LogP contribution in [0.5, 0.6) is 5.75 Å². The molecule has 1 amide bonds. The standard InChI is InChI=1S/C23H29NO3/c1-22(2,3)16-9-7-8-14(10-16)17-11-15-13-23(4,5)20(24-21(25)26)18(15)12-19(17)27-6/h7-12,20,24H,13H2,1-6H3,(H,25,26). The molecule has 0 radical (unpaired) electrons. The second-order valence-electron chi connectivity index (χ2n) is 9.13. The molecule has 0 saturated heterocycles. The monoisotopic (exact) mass is 367 g/mol. The molecule has 0 fully saturated rings. The maximum Gasteiger partial charge on any atom is 0.405 e. The quantitative estimate of drug-likeness (QED) is 0.747. The van der Waals surface area contributed by atoms with Crippen molar-refractivity contribution in [1.82, 2.24) is 5.32 Å². The first-order chi connectivity index (χ1) is 12.5. The molecule has 1 aliphatic carbocycles. The van der Waals surface area contributed by atoms with Gasteiger partial charge in [-0.1, -0.05) is 58.9 Å². The van der Waals surface area contributed by atoms with E-state index in [2.05, 4.69) is 70.3 Å². The second kappa shape index (κ2) is 6.59. The lowest BCUT2D eigenvalue weighted by molar-refractivity contribution is 0.175. The number of fused-ring (bicyclic) bond motifs is 1. The van der Waals surface area contributed by atoms with Crippen LogP contribution in [0.25, 0.3) is 11.1 Å². The van der Waals surface area contributed by atoms with Gasteiger partial charge in [0.15, 0.2) is 0 Å². The number of rotatable bonds is 3. The van der Waals surface area contributed by atoms with Crippen LogP contribution in [0.2, 0.25) is 0 Å². The normalized spacial score (nSPS) is 18.1. The Labute approximate surface area is 161 Å². The Kier molecular flexibility index (Phi) is 4.71. The molecule has 2 aromatic rings. The van der Waals surface area contributed by atoms with Gasteiger partial charge in [-0.05, 0) is 51.6 Å². The van der Waals surface area contributed by atoms with Crippen molar-refractivity contribution in [1.29, 1.82) is 0 Å². The number of hydrogen-bond donors (Lipinski definition) is 2. The van der Waals surface area contributed by atoms with E-state index in [9.17, 15) is 9.90 Å². The van der Waals surface area contributed by atoms with Gasteiger partial charge in [-0.2, -0.15) is 0 Å². The summed E-state index contributed by atoms with van der Waals surface area (Å²) in [7, 11) is 1.67. The summed E-state index contributed by atoms with van der Waals surface area (Å²) >= 11 is 0. The summed E-state index contributed by atoms with van der Waals surface area (Å²) in [6, 6.07) is 12.5. The van der Waals surface area contributed by atoms with Crippen molar-refractivity contribution in [3.63, 3.8) is 0 Å². The Balaban J connectivity index is 2.12. The van der Waals surface area contributed by atoms with Gasteiger partial charge >= 0.3 is 6.09 Å². The van der Waals surface area contributed by atoms with Crippen LogP contribution >= 0.6 is 0 Å². The Morgan fingerprint density at radius 1 is 1.22 bits per heavy atom. The zero-order valence-electron chi connectivity index (χ0n) is 17.0. The Hall–Kier alpha value is -2.49. The van der Waals surface area contributed by atoms with Crippen LogP contribution < -0.4 is 10.1 Å². The summed E-state index contributed by atoms with van der Waals surface area (Å²) < 4.78 is 5.70. The van der Waals surface area contributed by atoms with Gasteiger partial charge in [0.1, 0.15) is 5.75 Å². The fourth-order valence-corrected chi connectivity index (χ4v) is 4.02. The number of ether oxygens (including phenoxy) is 1. The fourth-order valence-electron chi connectivity index (χ4n) is 4.02. The smallest absolute Gasteiger partial charge is 0.405 e. The number of carbonyl (C=O) groups is 1. The molecule has 27 heavy (non-hydrogen) atoms. The van der Waals surface area contributed by atoms with Gasteiger partial charge in [0, 0.05) is 5.56 Å². The third-order valence-electron chi connectivity index (χ3n) is 5.51. The van der Waals surface area contributed by atoms with Crippen LogP contribution in [-0.4, -0.2) is 18.3 Å². The van der Waals surface area contributed by atoms with Crippen LogP contribution in [0, 0.1) is 5.41 Å². The van der Waals surface area contributed by atoms with Crippen molar-refractivity contribution in [3.05, 3.63) is 53.1 Å². The average Bonchev–Trinajstić information content (AvgIpc) is 2.82. The van der Waals surface area contributed by atoms with Crippen LogP contribution in [-0.2, 0) is 11.8 Å². The minimum atomic E-state index is -0.998. The molecule has 0 bridgehead atoms. The summed E-state index contributed by atoms with van der Waals surface area (Å²) in [6.45, 7) is 10.8. The molecular formula is C23H29NO3. The van der Waals surface area contributed by atoms with Crippen molar-refractivity contribution in [2.24, 2.45) is 5.41 Å². The van der Waals surface area contributed by atoms with Gasteiger partial charge < -0.3 is 15.2 Å². The zero-order valence-corrected chi connectivity index (χ0v) is 17.0. The maximum absolute atomic E-state index is 11.3. The molecule has 1 unspecified atom stereocenters. The first-order valence-electron chi connectivity index (χ1n) is 9.34. The lowest BCUT2D eigenvalue weighted by Crippen LogP contribution is -2.34. The van der Waals surface area contributed by atoms with E-state index < -0.39 is 6.09 Å². The lowest BCUT2D eigenvalue weighted by Gasteiger charge is -2.27. The highest BCUT2D eigenvalue weighted by molar-refractivity contribution is 5.74. The van der Waals surface area contributed by atoms with E-state index in [0.29, 0.717) is 0 Å². The number of amides is 1. The highest BCUT2D eigenvalue weighted by Crippen LogP contribution is 2.48. The Morgan fingerprint density at radius 3 is 2.52 bits per heavy atom. The molecule has 0 saturated carbocycles. The van der Waals surface area contributed by atoms with Gasteiger partial charge in [-0.15, -0.1) is 0 Å². The van der Waals surface area contributed by atoms with Crippen molar-refractivity contribution in [2.75, 3.05) is 7.11 Å². The van der Waals surface area contributed by atoms with Crippen molar-refractivity contribution in [3.8, 4) is 16.9 Å². The van der Waals surface area contributed by atoms with Crippen LogP contribution in [0.15, 0.2) is 36.4 Å². The van der Waals surface area contributed by atoms with Crippen LogP contribution in [0.3, 0.4) is 0 Å². The van der Waals surface area contributed by atoms with E-state index in [-0.39, 0.29) is 16.9 Å². The van der Waals surface area contributed by atoms with Crippen molar-refractivity contribution < 1.29 is 14.6 Å². The molecule has 0 heterocycles. The third kappa shape index (κ3) is 3.66. The Bertz CT molecular complexity index is 878. The van der Waals surface area contributed by atoms with E-state index in [4.69, 9.17) is 4.74 Å². The average molecular weight is 367 g/mol. The lowest BCUT2D eigenvalue weighted by atomic mass is 9.85. The summed E-state index contributed by atoms with van der Waals surface area (Å²) in [6.07, 6.45) is -0.176. The third-order valence-corrected chi connectivity index (χ3v) is 5.51. The summed E-state index contributed by atoms with van der Waals surface area (Å²) in [4.78, 5) is 11.3. The molecule has 4 nitrogen and oxygen atoms in total. The highest BCUT2D eigenvalue weighted by Gasteiger charge is 2.40. The minimum absolute atomic E-state index is 0.0679. The molecule has 0 aromatic heterocycles. The summed E-state index contributed by atoms with van der Waals surface area (Å²) in [5.74, 6) is 0.773. The van der Waals surface area contributed by atoms with E-state index in [1.807, 2.05) is 6.07 Å². The number of nitrogens with one attached hydrogen (secondary N) is 1. The maximum atomic E-state index is 11.3. The predicted molar refractivity (Wildman–Crippen MR) is 109 cm³/mol. The number of methoxy groups -OCH3 is 1. The fraction of sp³-hybridized carbons (Fsp3) is 0.435. The molecule has 1 atom stereocenters. The number of benzene rings is 2. The molecule has 3 rings (SSSR count). The SMILES string of the molecule is COc1cc2c(cc1-c1cccc(C(C)(C)C)c1)CC(C)(C)C2NC(=O)O. The number of carboxylic acid groups (broad SMARTS) is 1. The van der Waals surface area contributed by atoms with E-state index in [1.54, 1.807) is 7.11 Å². The van der Waals surface area contributed by atoms with Gasteiger partial charge in [-0.3, -0.25) is 0 Å². The molecule has 4 heteroatoms. The van der Waals surface area contributed by atoms with Gasteiger partial charge in [0.05, 0.1) is 13.2 Å². The summed E-state index contributed by atoms with van der Waals surface area (Å²) in [5.41, 5.74) is 5.51. The van der Waals surface area contributed by atoms with Crippen LogP contribution in [0.1, 0.15) is 57.4 Å². The van der Waals surface area contributed by atoms with E-state index in [1.165, 1.54) is 11.1 Å². The number of hydrogen-bond acceptors (Lipinski definition) is 2. The van der Waals surface area contributed by atoms with E-state index in [0.717, 1.165) is 28.9 Å². The van der Waals surface area contributed by atoms with Crippen molar-refractivity contribution >= 4 is 6.09 Å². The Morgan fingerprint density at radius 2 is 1.93 bits per heavy atom.